The summed E-state index contributed by atoms with van der Waals surface area (Å²) in [7, 11) is 0. The van der Waals surface area contributed by atoms with Crippen LogP contribution in [0.3, 0.4) is 0 Å². The number of amides is 1. The summed E-state index contributed by atoms with van der Waals surface area (Å²) < 4.78 is 40.5. The zero-order valence-electron chi connectivity index (χ0n) is 14.3. The summed E-state index contributed by atoms with van der Waals surface area (Å²) in [6, 6.07) is 19.3. The number of rotatable bonds is 3. The number of benzene rings is 3. The second kappa shape index (κ2) is 7.09. The summed E-state index contributed by atoms with van der Waals surface area (Å²) in [5.41, 5.74) is 0.674. The quantitative estimate of drug-likeness (QED) is 0.444. The maximum atomic E-state index is 13.1. The van der Waals surface area contributed by atoms with E-state index in [1.54, 1.807) is 18.2 Å². The summed E-state index contributed by atoms with van der Waals surface area (Å²) in [5, 5.41) is 3.32. The number of alkyl halides is 3. The molecule has 3 nitrogen and oxygen atoms in total. The van der Waals surface area contributed by atoms with Gasteiger partial charge in [0.15, 0.2) is 0 Å². The minimum absolute atomic E-state index is 0.402. The number of carbonyl (C=O) groups excluding carboxylic acids is 1. The third kappa shape index (κ3) is 3.61. The van der Waals surface area contributed by atoms with Gasteiger partial charge in [0.1, 0.15) is 5.01 Å². The van der Waals surface area contributed by atoms with Crippen LogP contribution in [0.4, 0.5) is 18.9 Å². The minimum atomic E-state index is -4.60. The van der Waals surface area contributed by atoms with Crippen molar-refractivity contribution in [2.45, 2.75) is 6.18 Å². The van der Waals surface area contributed by atoms with Gasteiger partial charge >= 0.3 is 6.18 Å². The lowest BCUT2D eigenvalue weighted by molar-refractivity contribution is -0.137. The molecular formula is C21H13F3N2OS. The van der Waals surface area contributed by atoms with Gasteiger partial charge in [-0.15, -0.1) is 11.3 Å². The van der Waals surface area contributed by atoms with E-state index < -0.39 is 23.2 Å². The molecule has 0 fully saturated rings. The highest BCUT2D eigenvalue weighted by atomic mass is 32.1. The third-order valence-electron chi connectivity index (χ3n) is 4.14. The smallest absolute Gasteiger partial charge is 0.322 e. The highest BCUT2D eigenvalue weighted by molar-refractivity contribution is 7.21. The van der Waals surface area contributed by atoms with Crippen molar-refractivity contribution >= 4 is 33.1 Å². The summed E-state index contributed by atoms with van der Waals surface area (Å²) in [5.74, 6) is -0.811. The van der Waals surface area contributed by atoms with Crippen LogP contribution >= 0.6 is 11.3 Å². The van der Waals surface area contributed by atoms with Gasteiger partial charge < -0.3 is 5.32 Å². The normalized spacial score (nSPS) is 11.5. The Morgan fingerprint density at radius 1 is 0.929 bits per heavy atom. The highest BCUT2D eigenvalue weighted by Crippen LogP contribution is 2.33. The molecule has 3 aromatic carbocycles. The molecule has 0 saturated carbocycles. The lowest BCUT2D eigenvalue weighted by Gasteiger charge is -2.13. The maximum Gasteiger partial charge on any atom is 0.417 e. The molecule has 7 heteroatoms. The van der Waals surface area contributed by atoms with E-state index >= 15 is 0 Å². The largest absolute Gasteiger partial charge is 0.417 e. The number of fused-ring (bicyclic) bond motifs is 1. The van der Waals surface area contributed by atoms with E-state index in [1.807, 2.05) is 30.3 Å². The highest BCUT2D eigenvalue weighted by Gasteiger charge is 2.34. The fourth-order valence-electron chi connectivity index (χ4n) is 2.85. The van der Waals surface area contributed by atoms with Gasteiger partial charge in [0.05, 0.1) is 21.3 Å². The number of hydrogen-bond donors (Lipinski definition) is 1. The van der Waals surface area contributed by atoms with Crippen molar-refractivity contribution in [2.24, 2.45) is 0 Å². The number of aromatic nitrogens is 1. The molecule has 1 N–H and O–H groups in total. The van der Waals surface area contributed by atoms with Crippen molar-refractivity contribution < 1.29 is 18.0 Å². The van der Waals surface area contributed by atoms with Crippen LogP contribution in [0, 0.1) is 0 Å². The van der Waals surface area contributed by atoms with Crippen LogP contribution in [0.15, 0.2) is 72.8 Å². The van der Waals surface area contributed by atoms with Crippen LogP contribution in [0.1, 0.15) is 15.9 Å². The van der Waals surface area contributed by atoms with Crippen LogP contribution < -0.4 is 5.32 Å². The van der Waals surface area contributed by atoms with Gasteiger partial charge in [-0.2, -0.15) is 13.2 Å². The number of carbonyl (C=O) groups is 1. The zero-order chi connectivity index (χ0) is 19.7. The third-order valence-corrected chi connectivity index (χ3v) is 5.22. The zero-order valence-corrected chi connectivity index (χ0v) is 15.1. The van der Waals surface area contributed by atoms with Crippen LogP contribution in [0.2, 0.25) is 0 Å². The summed E-state index contributed by atoms with van der Waals surface area (Å²) in [4.78, 5) is 17.0. The van der Waals surface area contributed by atoms with E-state index in [-0.39, 0.29) is 0 Å². The molecule has 4 rings (SSSR count). The fourth-order valence-corrected chi connectivity index (χ4v) is 3.81. The Labute approximate surface area is 162 Å². The van der Waals surface area contributed by atoms with Gasteiger partial charge in [-0.05, 0) is 36.4 Å². The standard InChI is InChI=1S/C21H13F3N2OS/c22-21(23,24)16-9-2-1-8-15(16)19(27)25-14-7-5-6-13(12-14)20-26-17-10-3-4-11-18(17)28-20/h1-12H,(H,25,27). The number of nitrogens with one attached hydrogen (secondary N) is 1. The molecule has 140 valence electrons. The van der Waals surface area contributed by atoms with Crippen LogP contribution in [0.5, 0.6) is 0 Å². The van der Waals surface area contributed by atoms with Gasteiger partial charge in [0.2, 0.25) is 0 Å². The molecule has 1 amide bonds. The number of para-hydroxylation sites is 1. The number of halogens is 3. The van der Waals surface area contributed by atoms with Crippen molar-refractivity contribution in [1.29, 1.82) is 0 Å². The van der Waals surface area contributed by atoms with E-state index in [0.717, 1.165) is 32.9 Å². The van der Waals surface area contributed by atoms with Crippen LogP contribution in [0.25, 0.3) is 20.8 Å². The number of thiazole rings is 1. The Morgan fingerprint density at radius 2 is 1.68 bits per heavy atom. The summed E-state index contributed by atoms with van der Waals surface area (Å²) >= 11 is 1.51. The molecule has 4 aromatic rings. The van der Waals surface area contributed by atoms with E-state index in [0.29, 0.717) is 5.69 Å². The second-order valence-corrected chi connectivity index (χ2v) is 7.10. The summed E-state index contributed by atoms with van der Waals surface area (Å²) in [6.07, 6.45) is -4.60. The van der Waals surface area contributed by atoms with Crippen molar-refractivity contribution in [1.82, 2.24) is 4.98 Å². The Kier molecular flexibility index (Phi) is 4.60. The predicted octanol–water partition coefficient (Wildman–Crippen LogP) is 6.23. The molecule has 0 bridgehead atoms. The SMILES string of the molecule is O=C(Nc1cccc(-c2nc3ccccc3s2)c1)c1ccccc1C(F)(F)F. The van der Waals surface area contributed by atoms with Crippen LogP contribution in [-0.4, -0.2) is 10.9 Å². The van der Waals surface area contributed by atoms with E-state index in [1.165, 1.54) is 23.5 Å². The van der Waals surface area contributed by atoms with Gasteiger partial charge in [-0.1, -0.05) is 36.4 Å². The molecule has 0 aliphatic rings. The number of anilines is 1. The lowest BCUT2D eigenvalue weighted by atomic mass is 10.1. The molecule has 0 radical (unpaired) electrons. The number of hydrogen-bond acceptors (Lipinski definition) is 3. The first-order valence-electron chi connectivity index (χ1n) is 8.35. The topological polar surface area (TPSA) is 42.0 Å². The molecule has 1 aromatic heterocycles. The summed E-state index contributed by atoms with van der Waals surface area (Å²) in [6.45, 7) is 0. The van der Waals surface area contributed by atoms with Crippen molar-refractivity contribution in [2.75, 3.05) is 5.32 Å². The van der Waals surface area contributed by atoms with Gasteiger partial charge in [-0.25, -0.2) is 4.98 Å². The molecule has 0 aliphatic carbocycles. The van der Waals surface area contributed by atoms with Crippen molar-refractivity contribution in [3.05, 3.63) is 83.9 Å². The van der Waals surface area contributed by atoms with Gasteiger partial charge in [-0.3, -0.25) is 4.79 Å². The Morgan fingerprint density at radius 3 is 2.46 bits per heavy atom. The predicted molar refractivity (Wildman–Crippen MR) is 104 cm³/mol. The average Bonchev–Trinajstić information content (AvgIpc) is 3.12. The number of nitrogens with zero attached hydrogens (tertiary/aromatic N) is 1. The van der Waals surface area contributed by atoms with E-state index in [4.69, 9.17) is 0 Å². The van der Waals surface area contributed by atoms with Gasteiger partial charge in [0, 0.05) is 11.3 Å². The molecule has 0 atom stereocenters. The molecule has 28 heavy (non-hydrogen) atoms. The Hall–Kier alpha value is -3.19. The Balaban J connectivity index is 1.63. The van der Waals surface area contributed by atoms with Crippen LogP contribution in [-0.2, 0) is 6.18 Å². The van der Waals surface area contributed by atoms with E-state index in [9.17, 15) is 18.0 Å². The molecule has 1 heterocycles. The molecule has 0 unspecified atom stereocenters. The first-order valence-corrected chi connectivity index (χ1v) is 9.17. The first kappa shape index (κ1) is 18.2. The van der Waals surface area contributed by atoms with Gasteiger partial charge in [0.25, 0.3) is 5.91 Å². The molecular weight excluding hydrogens is 385 g/mol. The minimum Gasteiger partial charge on any atom is -0.322 e. The Bertz CT molecular complexity index is 1130. The molecule has 0 spiro atoms. The maximum absolute atomic E-state index is 13.1. The monoisotopic (exact) mass is 398 g/mol. The lowest BCUT2D eigenvalue weighted by Crippen LogP contribution is -2.18. The van der Waals surface area contributed by atoms with Crippen molar-refractivity contribution in [3.8, 4) is 10.6 Å². The molecule has 0 aliphatic heterocycles. The average molecular weight is 398 g/mol. The first-order chi connectivity index (χ1) is 13.4. The van der Waals surface area contributed by atoms with E-state index in [2.05, 4.69) is 10.3 Å². The second-order valence-electron chi connectivity index (χ2n) is 6.07. The molecule has 0 saturated heterocycles. The fraction of sp³-hybridized carbons (Fsp3) is 0.0476. The van der Waals surface area contributed by atoms with Crippen molar-refractivity contribution in [3.63, 3.8) is 0 Å².